The number of nitro groups is 1. The van der Waals surface area contributed by atoms with E-state index in [1.807, 2.05) is 17.2 Å². The first-order valence-electron chi connectivity index (χ1n) is 10.6. The zero-order chi connectivity index (χ0) is 23.5. The van der Waals surface area contributed by atoms with Crippen LogP contribution in [0, 0.1) is 10.1 Å². The van der Waals surface area contributed by atoms with E-state index in [9.17, 15) is 19.7 Å². The molecule has 0 radical (unpaired) electrons. The number of amidine groups is 1. The SMILES string of the molecule is CCC1=C(C(=O)OC)[C@H](c2cccc([N+](=O)[O-])c2)N2C(CC(=O)N3CCOCC3)=CSC2=N1. The van der Waals surface area contributed by atoms with E-state index in [0.29, 0.717) is 60.4 Å². The van der Waals surface area contributed by atoms with Crippen LogP contribution in [-0.4, -0.2) is 65.2 Å². The molecule has 11 heteroatoms. The molecule has 0 N–H and O–H groups in total. The van der Waals surface area contributed by atoms with Crippen LogP contribution in [0.15, 0.2) is 51.6 Å². The van der Waals surface area contributed by atoms with E-state index in [1.54, 1.807) is 17.0 Å². The number of aliphatic imine (C=N–C) groups is 1. The van der Waals surface area contributed by atoms with E-state index in [4.69, 9.17) is 9.47 Å². The van der Waals surface area contributed by atoms with E-state index in [1.165, 1.54) is 31.0 Å². The summed E-state index contributed by atoms with van der Waals surface area (Å²) in [4.78, 5) is 45.1. The number of amides is 1. The molecule has 1 atom stereocenters. The summed E-state index contributed by atoms with van der Waals surface area (Å²) >= 11 is 1.37. The van der Waals surface area contributed by atoms with Gasteiger partial charge in [0.25, 0.3) is 5.69 Å². The standard InChI is InChI=1S/C22H24N4O6S/c1-3-17-19(21(28)31-2)20(14-5-4-6-15(11-14)26(29)30)25-16(13-33-22(25)23-17)12-18(27)24-7-9-32-10-8-24/h4-6,11,13,20H,3,7-10,12H2,1-2H3/t20-/m0/s1. The number of morpholine rings is 1. The highest BCUT2D eigenvalue weighted by molar-refractivity contribution is 8.16. The monoisotopic (exact) mass is 472 g/mol. The Balaban J connectivity index is 1.75. The highest BCUT2D eigenvalue weighted by atomic mass is 32.2. The minimum Gasteiger partial charge on any atom is -0.466 e. The second-order valence-corrected chi connectivity index (χ2v) is 8.46. The highest BCUT2D eigenvalue weighted by Crippen LogP contribution is 2.46. The van der Waals surface area contributed by atoms with E-state index < -0.39 is 16.9 Å². The van der Waals surface area contributed by atoms with Gasteiger partial charge in [0.05, 0.1) is 49.0 Å². The lowest BCUT2D eigenvalue weighted by molar-refractivity contribution is -0.384. The molecule has 3 aliphatic heterocycles. The molecule has 0 aromatic heterocycles. The molecule has 3 aliphatic rings. The summed E-state index contributed by atoms with van der Waals surface area (Å²) in [5.74, 6) is -0.601. The number of thioether (sulfide) groups is 1. The summed E-state index contributed by atoms with van der Waals surface area (Å²) in [6, 6.07) is 5.49. The van der Waals surface area contributed by atoms with Crippen molar-refractivity contribution in [1.29, 1.82) is 0 Å². The first kappa shape index (κ1) is 23.0. The number of esters is 1. The number of non-ortho nitro benzene ring substituents is 1. The summed E-state index contributed by atoms with van der Waals surface area (Å²) < 4.78 is 10.4. The molecule has 3 heterocycles. The van der Waals surface area contributed by atoms with Crippen LogP contribution in [0.1, 0.15) is 31.4 Å². The molecule has 10 nitrogen and oxygen atoms in total. The lowest BCUT2D eigenvalue weighted by Gasteiger charge is -2.37. The van der Waals surface area contributed by atoms with Gasteiger partial charge in [0.15, 0.2) is 5.17 Å². The van der Waals surface area contributed by atoms with Crippen molar-refractivity contribution in [2.24, 2.45) is 4.99 Å². The number of carbonyl (C=O) groups is 2. The molecule has 33 heavy (non-hydrogen) atoms. The average Bonchev–Trinajstić information content (AvgIpc) is 3.24. The van der Waals surface area contributed by atoms with Crippen LogP contribution in [0.4, 0.5) is 5.69 Å². The molecule has 0 saturated carbocycles. The molecule has 1 saturated heterocycles. The highest BCUT2D eigenvalue weighted by Gasteiger charge is 2.42. The van der Waals surface area contributed by atoms with Crippen molar-refractivity contribution < 1.29 is 24.0 Å². The van der Waals surface area contributed by atoms with Crippen molar-refractivity contribution in [2.45, 2.75) is 25.8 Å². The van der Waals surface area contributed by atoms with Crippen LogP contribution in [-0.2, 0) is 19.1 Å². The molecule has 0 unspecified atom stereocenters. The van der Waals surface area contributed by atoms with E-state index in [0.717, 1.165) is 0 Å². The molecule has 1 fully saturated rings. The number of ether oxygens (including phenoxy) is 2. The van der Waals surface area contributed by atoms with Crippen molar-refractivity contribution >= 4 is 34.5 Å². The van der Waals surface area contributed by atoms with Gasteiger partial charge in [-0.3, -0.25) is 14.9 Å². The van der Waals surface area contributed by atoms with E-state index in [-0.39, 0.29) is 18.0 Å². The molecule has 4 rings (SSSR count). The predicted octanol–water partition coefficient (Wildman–Crippen LogP) is 2.98. The number of allylic oxidation sites excluding steroid dienone is 1. The third kappa shape index (κ3) is 4.51. The molecular formula is C22H24N4O6S. The van der Waals surface area contributed by atoms with Crippen molar-refractivity contribution in [1.82, 2.24) is 9.80 Å². The maximum absolute atomic E-state index is 13.0. The number of benzene rings is 1. The van der Waals surface area contributed by atoms with Gasteiger partial charge < -0.3 is 19.3 Å². The Bertz CT molecular complexity index is 1080. The Morgan fingerprint density at radius 2 is 2.09 bits per heavy atom. The van der Waals surface area contributed by atoms with Gasteiger partial charge in [-0.05, 0) is 17.4 Å². The fourth-order valence-corrected chi connectivity index (χ4v) is 5.05. The van der Waals surface area contributed by atoms with Gasteiger partial charge in [0.2, 0.25) is 5.91 Å². The summed E-state index contributed by atoms with van der Waals surface area (Å²) in [6.07, 6.45) is 0.600. The van der Waals surface area contributed by atoms with Crippen LogP contribution >= 0.6 is 11.8 Å². The first-order chi connectivity index (χ1) is 15.9. The van der Waals surface area contributed by atoms with Gasteiger partial charge in [-0.25, -0.2) is 9.79 Å². The number of carbonyl (C=O) groups excluding carboxylic acids is 2. The Hall–Kier alpha value is -3.18. The first-order valence-corrected chi connectivity index (χ1v) is 11.5. The number of methoxy groups -OCH3 is 1. The predicted molar refractivity (Wildman–Crippen MR) is 122 cm³/mol. The smallest absolute Gasteiger partial charge is 0.338 e. The number of fused-ring (bicyclic) bond motifs is 1. The third-order valence-electron chi connectivity index (χ3n) is 5.72. The van der Waals surface area contributed by atoms with Gasteiger partial charge in [-0.2, -0.15) is 0 Å². The van der Waals surface area contributed by atoms with E-state index in [2.05, 4.69) is 4.99 Å². The fourth-order valence-electron chi connectivity index (χ4n) is 4.12. The van der Waals surface area contributed by atoms with Gasteiger partial charge in [-0.15, -0.1) is 0 Å². The lowest BCUT2D eigenvalue weighted by Crippen LogP contribution is -2.42. The number of hydrogen-bond donors (Lipinski definition) is 0. The Kier molecular flexibility index (Phi) is 6.80. The van der Waals surface area contributed by atoms with Crippen LogP contribution in [0.5, 0.6) is 0 Å². The Morgan fingerprint density at radius 3 is 2.76 bits per heavy atom. The minimum atomic E-state index is -0.696. The average molecular weight is 473 g/mol. The van der Waals surface area contributed by atoms with Crippen LogP contribution < -0.4 is 0 Å². The number of hydrogen-bond acceptors (Lipinski definition) is 9. The fraction of sp³-hybridized carbons (Fsp3) is 0.409. The summed E-state index contributed by atoms with van der Waals surface area (Å²) in [5, 5.41) is 13.9. The minimum absolute atomic E-state index is 0.0471. The molecule has 1 aromatic rings. The van der Waals surface area contributed by atoms with Gasteiger partial charge in [-0.1, -0.05) is 30.8 Å². The third-order valence-corrected chi connectivity index (χ3v) is 6.61. The molecule has 174 valence electrons. The number of rotatable bonds is 6. The van der Waals surface area contributed by atoms with E-state index >= 15 is 0 Å². The summed E-state index contributed by atoms with van der Waals surface area (Å²) in [6.45, 7) is 3.95. The van der Waals surface area contributed by atoms with Crippen molar-refractivity contribution in [2.75, 3.05) is 33.4 Å². The van der Waals surface area contributed by atoms with Crippen LogP contribution in [0.25, 0.3) is 0 Å². The lowest BCUT2D eigenvalue weighted by atomic mass is 9.92. The molecule has 0 spiro atoms. The normalized spacial score (nSPS) is 20.2. The Morgan fingerprint density at radius 1 is 1.33 bits per heavy atom. The van der Waals surface area contributed by atoms with Gasteiger partial charge in [0.1, 0.15) is 0 Å². The van der Waals surface area contributed by atoms with Crippen molar-refractivity contribution in [3.05, 3.63) is 62.3 Å². The molecular weight excluding hydrogens is 448 g/mol. The van der Waals surface area contributed by atoms with Gasteiger partial charge in [0, 0.05) is 30.9 Å². The number of nitro benzene ring substituents is 1. The zero-order valence-corrected chi connectivity index (χ0v) is 19.2. The molecule has 0 bridgehead atoms. The zero-order valence-electron chi connectivity index (χ0n) is 18.4. The molecule has 1 amide bonds. The maximum atomic E-state index is 13.0. The molecule has 0 aliphatic carbocycles. The maximum Gasteiger partial charge on any atom is 0.338 e. The quantitative estimate of drug-likeness (QED) is 0.353. The topological polar surface area (TPSA) is 115 Å². The summed E-state index contributed by atoms with van der Waals surface area (Å²) in [5.41, 5.74) is 2.03. The van der Waals surface area contributed by atoms with Gasteiger partial charge >= 0.3 is 5.97 Å². The second-order valence-electron chi connectivity index (χ2n) is 7.62. The van der Waals surface area contributed by atoms with Crippen LogP contribution in [0.2, 0.25) is 0 Å². The largest absolute Gasteiger partial charge is 0.466 e. The summed E-state index contributed by atoms with van der Waals surface area (Å²) in [7, 11) is 1.30. The molecule has 1 aromatic carbocycles. The van der Waals surface area contributed by atoms with Crippen molar-refractivity contribution in [3.63, 3.8) is 0 Å². The second kappa shape index (κ2) is 9.75. The van der Waals surface area contributed by atoms with Crippen molar-refractivity contribution in [3.8, 4) is 0 Å². The van der Waals surface area contributed by atoms with Crippen LogP contribution in [0.3, 0.4) is 0 Å². The number of nitrogens with zero attached hydrogens (tertiary/aromatic N) is 4. The Labute approximate surface area is 195 Å².